The zero-order valence-corrected chi connectivity index (χ0v) is 13.6. The van der Waals surface area contributed by atoms with E-state index in [2.05, 4.69) is 0 Å². The summed E-state index contributed by atoms with van der Waals surface area (Å²) in [4.78, 5) is 37.1. The summed E-state index contributed by atoms with van der Waals surface area (Å²) in [5.74, 6) is -1.14. The number of imide groups is 1. The van der Waals surface area contributed by atoms with Crippen molar-refractivity contribution in [2.24, 2.45) is 0 Å². The van der Waals surface area contributed by atoms with Gasteiger partial charge in [-0.3, -0.25) is 14.4 Å². The smallest absolute Gasteiger partial charge is 0.273 e. The van der Waals surface area contributed by atoms with E-state index in [9.17, 15) is 14.4 Å². The van der Waals surface area contributed by atoms with E-state index in [0.29, 0.717) is 10.6 Å². The number of nitrogens with zero attached hydrogens (tertiary/aromatic N) is 2. The number of amides is 3. The minimum Gasteiger partial charge on any atom is -0.273 e. The van der Waals surface area contributed by atoms with Gasteiger partial charge in [-0.1, -0.05) is 41.9 Å². The zero-order valence-electron chi connectivity index (χ0n) is 12.8. The maximum atomic E-state index is 12.9. The first-order valence-corrected chi connectivity index (χ1v) is 7.91. The molecule has 0 unspecified atom stereocenters. The monoisotopic (exact) mass is 342 g/mol. The van der Waals surface area contributed by atoms with Crippen molar-refractivity contribution < 1.29 is 14.4 Å². The number of hydrogen-bond acceptors (Lipinski definition) is 3. The second-order valence-corrected chi connectivity index (χ2v) is 5.89. The van der Waals surface area contributed by atoms with Gasteiger partial charge in [-0.2, -0.15) is 5.01 Å². The van der Waals surface area contributed by atoms with Crippen LogP contribution in [0.5, 0.6) is 0 Å². The lowest BCUT2D eigenvalue weighted by molar-refractivity contribution is -0.153. The first kappa shape index (κ1) is 16.2. The molecule has 0 bridgehead atoms. The maximum Gasteiger partial charge on any atom is 0.273 e. The number of halogens is 1. The zero-order chi connectivity index (χ0) is 17.1. The number of carbonyl (C=O) groups is 3. The lowest BCUT2D eigenvalue weighted by Crippen LogP contribution is -2.48. The average Bonchev–Trinajstić information content (AvgIpc) is 2.92. The number of rotatable bonds is 4. The van der Waals surface area contributed by atoms with Crippen molar-refractivity contribution in [2.75, 3.05) is 0 Å². The molecule has 2 aromatic carbocycles. The Labute approximate surface area is 144 Å². The quantitative estimate of drug-likeness (QED) is 0.802. The Hall–Kier alpha value is -2.66. The largest absolute Gasteiger partial charge is 0.273 e. The minimum absolute atomic E-state index is 0.123. The second kappa shape index (κ2) is 6.84. The Kier molecular flexibility index (Phi) is 4.62. The lowest BCUT2D eigenvalue weighted by Gasteiger charge is -2.30. The van der Waals surface area contributed by atoms with Gasteiger partial charge in [0.1, 0.15) is 0 Å². The standard InChI is InChI=1S/C18H15ClN2O3/c19-15-8-6-14(7-9-15)18(24)20(12-13-4-2-1-3-5-13)21-16(22)10-11-17(21)23/h1-9H,10-12H2. The molecule has 1 aliphatic heterocycles. The van der Waals surface area contributed by atoms with Gasteiger partial charge in [-0.15, -0.1) is 0 Å². The number of hydrogen-bond donors (Lipinski definition) is 0. The number of benzene rings is 2. The van der Waals surface area contributed by atoms with E-state index < -0.39 is 5.91 Å². The van der Waals surface area contributed by atoms with Crippen LogP contribution in [0, 0.1) is 0 Å². The number of carbonyl (C=O) groups excluding carboxylic acids is 3. The molecule has 2 aromatic rings. The van der Waals surface area contributed by atoms with E-state index in [1.165, 1.54) is 5.01 Å². The molecule has 0 saturated carbocycles. The van der Waals surface area contributed by atoms with Crippen LogP contribution in [-0.2, 0) is 16.1 Å². The Morgan fingerprint density at radius 3 is 2.12 bits per heavy atom. The molecule has 3 amide bonds. The summed E-state index contributed by atoms with van der Waals surface area (Å²) in [7, 11) is 0. The number of hydrazine groups is 1. The summed E-state index contributed by atoms with van der Waals surface area (Å²) in [6.45, 7) is 0.139. The van der Waals surface area contributed by atoms with Gasteiger partial charge < -0.3 is 0 Å². The molecule has 6 heteroatoms. The highest BCUT2D eigenvalue weighted by Crippen LogP contribution is 2.21. The van der Waals surface area contributed by atoms with E-state index in [4.69, 9.17) is 11.6 Å². The van der Waals surface area contributed by atoms with Crippen LogP contribution in [0.3, 0.4) is 0 Å². The second-order valence-electron chi connectivity index (χ2n) is 5.45. The van der Waals surface area contributed by atoms with Gasteiger partial charge >= 0.3 is 0 Å². The van der Waals surface area contributed by atoms with Gasteiger partial charge in [-0.05, 0) is 29.8 Å². The van der Waals surface area contributed by atoms with E-state index >= 15 is 0 Å². The normalized spacial score (nSPS) is 14.1. The van der Waals surface area contributed by atoms with Crippen LogP contribution >= 0.6 is 11.6 Å². The molecule has 0 aromatic heterocycles. The van der Waals surface area contributed by atoms with Gasteiger partial charge in [0.2, 0.25) is 11.8 Å². The van der Waals surface area contributed by atoms with E-state index in [1.54, 1.807) is 24.3 Å². The van der Waals surface area contributed by atoms with E-state index in [0.717, 1.165) is 10.6 Å². The molecule has 3 rings (SSSR count). The van der Waals surface area contributed by atoms with Crippen LogP contribution in [0.1, 0.15) is 28.8 Å². The van der Waals surface area contributed by atoms with Crippen molar-refractivity contribution in [2.45, 2.75) is 19.4 Å². The summed E-state index contributed by atoms with van der Waals surface area (Å²) < 4.78 is 0. The molecule has 0 N–H and O–H groups in total. The highest BCUT2D eigenvalue weighted by atomic mass is 35.5. The molecule has 24 heavy (non-hydrogen) atoms. The Morgan fingerprint density at radius 1 is 0.958 bits per heavy atom. The van der Waals surface area contributed by atoms with Gasteiger partial charge in [0.05, 0.1) is 6.54 Å². The molecular formula is C18H15ClN2O3. The predicted molar refractivity (Wildman–Crippen MR) is 88.9 cm³/mol. The SMILES string of the molecule is O=C(c1ccc(Cl)cc1)N(Cc1ccccc1)N1C(=O)CCC1=O. The molecule has 122 valence electrons. The molecule has 0 spiro atoms. The summed E-state index contributed by atoms with van der Waals surface area (Å²) in [6.07, 6.45) is 0.246. The van der Waals surface area contributed by atoms with Crippen molar-refractivity contribution in [1.82, 2.24) is 10.0 Å². The average molecular weight is 343 g/mol. The third-order valence-electron chi connectivity index (χ3n) is 3.77. The van der Waals surface area contributed by atoms with Crippen molar-refractivity contribution in [1.29, 1.82) is 0 Å². The van der Waals surface area contributed by atoms with Crippen molar-refractivity contribution in [3.63, 3.8) is 0 Å². The van der Waals surface area contributed by atoms with Crippen molar-refractivity contribution in [3.8, 4) is 0 Å². The van der Waals surface area contributed by atoms with Crippen LogP contribution in [0.2, 0.25) is 5.02 Å². The van der Waals surface area contributed by atoms with Gasteiger partial charge in [0.25, 0.3) is 5.91 Å². The van der Waals surface area contributed by atoms with Gasteiger partial charge in [-0.25, -0.2) is 5.01 Å². The fourth-order valence-electron chi connectivity index (χ4n) is 2.57. The predicted octanol–water partition coefficient (Wildman–Crippen LogP) is 3.05. The first-order chi connectivity index (χ1) is 11.6. The minimum atomic E-state index is -0.417. The highest BCUT2D eigenvalue weighted by Gasteiger charge is 2.37. The van der Waals surface area contributed by atoms with Crippen LogP contribution in [0.15, 0.2) is 54.6 Å². The van der Waals surface area contributed by atoms with Gasteiger partial charge in [0.15, 0.2) is 0 Å². The summed E-state index contributed by atoms with van der Waals surface area (Å²) in [6, 6.07) is 15.6. The fourth-order valence-corrected chi connectivity index (χ4v) is 2.69. The van der Waals surface area contributed by atoms with Crippen LogP contribution < -0.4 is 0 Å². The lowest BCUT2D eigenvalue weighted by atomic mass is 10.2. The fraction of sp³-hybridized carbons (Fsp3) is 0.167. The van der Waals surface area contributed by atoms with Crippen LogP contribution in [-0.4, -0.2) is 27.7 Å². The third-order valence-corrected chi connectivity index (χ3v) is 4.02. The van der Waals surface area contributed by atoms with E-state index in [1.807, 2.05) is 30.3 Å². The molecule has 1 heterocycles. The van der Waals surface area contributed by atoms with Crippen LogP contribution in [0.25, 0.3) is 0 Å². The third kappa shape index (κ3) is 3.31. The van der Waals surface area contributed by atoms with Crippen molar-refractivity contribution >= 4 is 29.3 Å². The molecule has 1 aliphatic rings. The van der Waals surface area contributed by atoms with Crippen LogP contribution in [0.4, 0.5) is 0 Å². The Balaban J connectivity index is 1.94. The van der Waals surface area contributed by atoms with E-state index in [-0.39, 0.29) is 31.2 Å². The maximum absolute atomic E-state index is 12.9. The van der Waals surface area contributed by atoms with Gasteiger partial charge in [0, 0.05) is 23.4 Å². The molecular weight excluding hydrogens is 328 g/mol. The molecule has 5 nitrogen and oxygen atoms in total. The molecule has 1 saturated heterocycles. The molecule has 0 radical (unpaired) electrons. The summed E-state index contributed by atoms with van der Waals surface area (Å²) in [5, 5.41) is 2.68. The highest BCUT2D eigenvalue weighted by molar-refractivity contribution is 6.30. The summed E-state index contributed by atoms with van der Waals surface area (Å²) in [5.41, 5.74) is 1.19. The Morgan fingerprint density at radius 2 is 1.54 bits per heavy atom. The Bertz CT molecular complexity index is 759. The topological polar surface area (TPSA) is 57.7 Å². The first-order valence-electron chi connectivity index (χ1n) is 7.53. The summed E-state index contributed by atoms with van der Waals surface area (Å²) >= 11 is 5.86. The van der Waals surface area contributed by atoms with Crippen molar-refractivity contribution in [3.05, 3.63) is 70.7 Å². The molecule has 0 aliphatic carbocycles. The molecule has 0 atom stereocenters. The molecule has 1 fully saturated rings.